The number of fused-ring (bicyclic) bond motifs is 1. The first-order chi connectivity index (χ1) is 7.24. The fourth-order valence-corrected chi connectivity index (χ4v) is 2.24. The van der Waals surface area contributed by atoms with Crippen molar-refractivity contribution in [1.29, 1.82) is 0 Å². The van der Waals surface area contributed by atoms with Gasteiger partial charge in [-0.05, 0) is 24.0 Å². The largest absolute Gasteiger partial charge is 0.478 e. The van der Waals surface area contributed by atoms with E-state index in [0.29, 0.717) is 5.56 Å². The average Bonchev–Trinajstić information content (AvgIpc) is 2.62. The minimum absolute atomic E-state index is 0.373. The van der Waals surface area contributed by atoms with Crippen molar-refractivity contribution in [1.82, 2.24) is 4.98 Å². The second kappa shape index (κ2) is 3.98. The first-order valence-electron chi connectivity index (χ1n) is 4.55. The number of aromatic carboxylic acids is 1. The number of nitrogens with one attached hydrogen (secondary N) is 1. The Morgan fingerprint density at radius 1 is 1.53 bits per heavy atom. The molecule has 2 aromatic rings. The predicted octanol–water partition coefficient (Wildman–Crippen LogP) is 2.73. The normalized spacial score (nSPS) is 10.7. The van der Waals surface area contributed by atoms with Gasteiger partial charge in [-0.2, -0.15) is 11.8 Å². The van der Waals surface area contributed by atoms with Gasteiger partial charge < -0.3 is 10.1 Å². The van der Waals surface area contributed by atoms with Crippen LogP contribution in [0.25, 0.3) is 10.9 Å². The molecule has 0 saturated heterocycles. The molecule has 0 spiro atoms. The van der Waals surface area contributed by atoms with Crippen LogP contribution in [0.1, 0.15) is 15.9 Å². The van der Waals surface area contributed by atoms with Crippen molar-refractivity contribution in [2.75, 3.05) is 6.26 Å². The van der Waals surface area contributed by atoms with Crippen LogP contribution < -0.4 is 0 Å². The fraction of sp³-hybridized carbons (Fsp3) is 0.182. The minimum Gasteiger partial charge on any atom is -0.478 e. The van der Waals surface area contributed by atoms with Gasteiger partial charge >= 0.3 is 5.97 Å². The molecule has 0 fully saturated rings. The summed E-state index contributed by atoms with van der Waals surface area (Å²) in [5, 5.41) is 9.91. The van der Waals surface area contributed by atoms with E-state index in [2.05, 4.69) is 4.98 Å². The maximum absolute atomic E-state index is 11.0. The van der Waals surface area contributed by atoms with Gasteiger partial charge in [0.15, 0.2) is 0 Å². The first-order valence-corrected chi connectivity index (χ1v) is 5.94. The molecule has 15 heavy (non-hydrogen) atoms. The highest BCUT2D eigenvalue weighted by atomic mass is 32.2. The highest BCUT2D eigenvalue weighted by Gasteiger charge is 2.12. The molecule has 0 aliphatic carbocycles. The number of benzene rings is 1. The Labute approximate surface area is 91.5 Å². The SMILES string of the molecule is CSCc1c[nH]c2cccc(C(=O)O)c12. The number of H-pyrrole nitrogens is 1. The van der Waals surface area contributed by atoms with Gasteiger partial charge in [-0.25, -0.2) is 4.79 Å². The molecular formula is C11H11NO2S. The molecule has 1 heterocycles. The summed E-state index contributed by atoms with van der Waals surface area (Å²) in [6.45, 7) is 0. The predicted molar refractivity (Wildman–Crippen MR) is 62.5 cm³/mol. The summed E-state index contributed by atoms with van der Waals surface area (Å²) in [7, 11) is 0. The molecule has 3 nitrogen and oxygen atoms in total. The van der Waals surface area contributed by atoms with Crippen LogP contribution in [0.2, 0.25) is 0 Å². The highest BCUT2D eigenvalue weighted by molar-refractivity contribution is 7.97. The number of carboxylic acid groups (broad SMARTS) is 1. The van der Waals surface area contributed by atoms with Gasteiger partial charge in [-0.1, -0.05) is 6.07 Å². The molecule has 4 heteroatoms. The van der Waals surface area contributed by atoms with Gasteiger partial charge in [-0.15, -0.1) is 0 Å². The number of thioether (sulfide) groups is 1. The third-order valence-corrected chi connectivity index (χ3v) is 2.92. The Hall–Kier alpha value is -1.42. The highest BCUT2D eigenvalue weighted by Crippen LogP contribution is 2.25. The molecule has 0 unspecified atom stereocenters. The van der Waals surface area contributed by atoms with Crippen LogP contribution in [-0.4, -0.2) is 22.3 Å². The van der Waals surface area contributed by atoms with Gasteiger partial charge in [0.05, 0.1) is 5.56 Å². The first kappa shape index (κ1) is 10.1. The van der Waals surface area contributed by atoms with Crippen LogP contribution in [-0.2, 0) is 5.75 Å². The number of hydrogen-bond donors (Lipinski definition) is 2. The van der Waals surface area contributed by atoms with E-state index in [9.17, 15) is 4.79 Å². The van der Waals surface area contributed by atoms with Crippen molar-refractivity contribution in [3.05, 3.63) is 35.5 Å². The molecule has 2 rings (SSSR count). The molecular weight excluding hydrogens is 210 g/mol. The zero-order chi connectivity index (χ0) is 10.8. The summed E-state index contributed by atoms with van der Waals surface area (Å²) in [5.74, 6) is -0.0489. The molecule has 0 atom stereocenters. The van der Waals surface area contributed by atoms with E-state index in [4.69, 9.17) is 5.11 Å². The number of hydrogen-bond acceptors (Lipinski definition) is 2. The maximum atomic E-state index is 11.0. The molecule has 0 radical (unpaired) electrons. The number of carboxylic acids is 1. The van der Waals surface area contributed by atoms with Crippen molar-refractivity contribution in [2.24, 2.45) is 0 Å². The van der Waals surface area contributed by atoms with Crippen molar-refractivity contribution in [2.45, 2.75) is 5.75 Å². The maximum Gasteiger partial charge on any atom is 0.336 e. The molecule has 1 aromatic carbocycles. The minimum atomic E-state index is -0.873. The van der Waals surface area contributed by atoms with E-state index < -0.39 is 5.97 Å². The second-order valence-electron chi connectivity index (χ2n) is 3.28. The lowest BCUT2D eigenvalue weighted by molar-refractivity contribution is 0.0699. The Kier molecular flexibility index (Phi) is 2.68. The summed E-state index contributed by atoms with van der Waals surface area (Å²) < 4.78 is 0. The lowest BCUT2D eigenvalue weighted by Gasteiger charge is -2.00. The smallest absolute Gasteiger partial charge is 0.336 e. The standard InChI is InChI=1S/C11H11NO2S/c1-15-6-7-5-12-9-4-2-3-8(10(7)9)11(13)14/h2-5,12H,6H2,1H3,(H,13,14). The third kappa shape index (κ3) is 1.72. The second-order valence-corrected chi connectivity index (χ2v) is 4.15. The zero-order valence-electron chi connectivity index (χ0n) is 8.28. The molecule has 0 aliphatic heterocycles. The Morgan fingerprint density at radius 2 is 2.33 bits per heavy atom. The molecule has 0 amide bonds. The number of carbonyl (C=O) groups is 1. The van der Waals surface area contributed by atoms with Crippen LogP contribution in [0, 0.1) is 0 Å². The summed E-state index contributed by atoms with van der Waals surface area (Å²) in [6, 6.07) is 5.29. The monoisotopic (exact) mass is 221 g/mol. The van der Waals surface area contributed by atoms with E-state index in [1.165, 1.54) is 0 Å². The molecule has 0 bridgehead atoms. The van der Waals surface area contributed by atoms with Crippen LogP contribution in [0.3, 0.4) is 0 Å². The van der Waals surface area contributed by atoms with Crippen molar-refractivity contribution in [3.63, 3.8) is 0 Å². The van der Waals surface area contributed by atoms with Gasteiger partial charge in [0.25, 0.3) is 0 Å². The van der Waals surface area contributed by atoms with Gasteiger partial charge in [0, 0.05) is 22.9 Å². The van der Waals surface area contributed by atoms with Crippen molar-refractivity contribution >= 4 is 28.6 Å². The van der Waals surface area contributed by atoms with Crippen molar-refractivity contribution in [3.8, 4) is 0 Å². The average molecular weight is 221 g/mol. The van der Waals surface area contributed by atoms with Gasteiger partial charge in [0.2, 0.25) is 0 Å². The number of rotatable bonds is 3. The quantitative estimate of drug-likeness (QED) is 0.837. The summed E-state index contributed by atoms with van der Waals surface area (Å²) in [5.41, 5.74) is 2.31. The van der Waals surface area contributed by atoms with E-state index >= 15 is 0 Å². The summed E-state index contributed by atoms with van der Waals surface area (Å²) in [4.78, 5) is 14.1. The fourth-order valence-electron chi connectivity index (χ4n) is 1.70. The van der Waals surface area contributed by atoms with Gasteiger partial charge in [-0.3, -0.25) is 0 Å². The van der Waals surface area contributed by atoms with Crippen LogP contribution in [0.15, 0.2) is 24.4 Å². The topological polar surface area (TPSA) is 53.1 Å². The number of aromatic amines is 1. The molecule has 0 aliphatic rings. The molecule has 0 saturated carbocycles. The van der Waals surface area contributed by atoms with Crippen molar-refractivity contribution < 1.29 is 9.90 Å². The molecule has 2 N–H and O–H groups in total. The lowest BCUT2D eigenvalue weighted by Crippen LogP contribution is -1.97. The van der Waals surface area contributed by atoms with E-state index in [1.807, 2.05) is 18.5 Å². The van der Waals surface area contributed by atoms with Crippen LogP contribution in [0.5, 0.6) is 0 Å². The van der Waals surface area contributed by atoms with Crippen LogP contribution >= 0.6 is 11.8 Å². The van der Waals surface area contributed by atoms with Gasteiger partial charge in [0.1, 0.15) is 0 Å². The van der Waals surface area contributed by atoms with Crippen LogP contribution in [0.4, 0.5) is 0 Å². The van der Waals surface area contributed by atoms with E-state index in [0.717, 1.165) is 22.2 Å². The Morgan fingerprint density at radius 3 is 3.00 bits per heavy atom. The number of aromatic nitrogens is 1. The lowest BCUT2D eigenvalue weighted by atomic mass is 10.1. The summed E-state index contributed by atoms with van der Waals surface area (Å²) >= 11 is 1.68. The Balaban J connectivity index is 2.69. The third-order valence-electron chi connectivity index (χ3n) is 2.32. The summed E-state index contributed by atoms with van der Waals surface area (Å²) in [6.07, 6.45) is 3.88. The zero-order valence-corrected chi connectivity index (χ0v) is 9.10. The Bertz CT molecular complexity index is 504. The van der Waals surface area contributed by atoms with E-state index in [-0.39, 0.29) is 0 Å². The molecule has 1 aromatic heterocycles. The molecule has 78 valence electrons. The van der Waals surface area contributed by atoms with E-state index in [1.54, 1.807) is 23.9 Å².